The first-order valence-electron chi connectivity index (χ1n) is 11.7. The highest BCUT2D eigenvalue weighted by molar-refractivity contribution is 7.89. The summed E-state index contributed by atoms with van der Waals surface area (Å²) in [6.45, 7) is 8.75. The summed E-state index contributed by atoms with van der Waals surface area (Å²) >= 11 is 1.51. The number of benzene rings is 2. The van der Waals surface area contributed by atoms with Crippen molar-refractivity contribution >= 4 is 42.6 Å². The first kappa shape index (κ1) is 25.7. The predicted molar refractivity (Wildman–Crippen MR) is 140 cm³/mol. The van der Waals surface area contributed by atoms with Gasteiger partial charge in [0.1, 0.15) is 0 Å². The summed E-state index contributed by atoms with van der Waals surface area (Å²) in [7, 11) is -0.587. The van der Waals surface area contributed by atoms with Gasteiger partial charge in [0.15, 0.2) is 5.13 Å². The highest BCUT2D eigenvalue weighted by Gasteiger charge is 2.24. The topological polar surface area (TPSA) is 83.0 Å². The second-order valence-electron chi connectivity index (χ2n) is 9.00. The first-order valence-corrected chi connectivity index (χ1v) is 13.9. The van der Waals surface area contributed by atoms with E-state index in [9.17, 15) is 13.2 Å². The van der Waals surface area contributed by atoms with Crippen LogP contribution in [0.2, 0.25) is 0 Å². The number of hydrogen-bond acceptors (Lipinski definition) is 7. The molecule has 0 aliphatic carbocycles. The molecule has 35 heavy (non-hydrogen) atoms. The Morgan fingerprint density at radius 2 is 1.80 bits per heavy atom. The van der Waals surface area contributed by atoms with Crippen molar-refractivity contribution in [3.05, 3.63) is 53.1 Å². The van der Waals surface area contributed by atoms with Crippen LogP contribution in [0.3, 0.4) is 0 Å². The van der Waals surface area contributed by atoms with Crippen molar-refractivity contribution in [2.75, 3.05) is 58.4 Å². The van der Waals surface area contributed by atoms with Gasteiger partial charge in [-0.05, 0) is 61.7 Å². The van der Waals surface area contributed by atoms with Crippen molar-refractivity contribution in [1.29, 1.82) is 0 Å². The molecule has 1 fully saturated rings. The number of carbonyl (C=O) groups excluding carboxylic acids is 1. The highest BCUT2D eigenvalue weighted by Crippen LogP contribution is 2.32. The molecule has 0 unspecified atom stereocenters. The summed E-state index contributed by atoms with van der Waals surface area (Å²) in [6, 6.07) is 10.3. The zero-order valence-corrected chi connectivity index (χ0v) is 22.3. The maximum atomic E-state index is 13.7. The minimum absolute atomic E-state index is 0.156. The molecule has 0 atom stereocenters. The van der Waals surface area contributed by atoms with Crippen LogP contribution >= 0.6 is 11.3 Å². The van der Waals surface area contributed by atoms with Gasteiger partial charge in [-0.3, -0.25) is 14.6 Å². The molecule has 1 saturated heterocycles. The molecule has 0 saturated carbocycles. The maximum Gasteiger partial charge on any atom is 0.260 e. The van der Waals surface area contributed by atoms with E-state index in [0.29, 0.717) is 17.2 Å². The number of aromatic nitrogens is 1. The summed E-state index contributed by atoms with van der Waals surface area (Å²) in [5.41, 5.74) is 3.59. The molecule has 1 aromatic heterocycles. The van der Waals surface area contributed by atoms with Crippen LogP contribution in [-0.2, 0) is 14.8 Å². The molecule has 0 bridgehead atoms. The zero-order chi connectivity index (χ0) is 25.2. The van der Waals surface area contributed by atoms with Crippen LogP contribution in [0.4, 0.5) is 5.13 Å². The van der Waals surface area contributed by atoms with E-state index in [1.807, 2.05) is 6.92 Å². The van der Waals surface area contributed by atoms with Gasteiger partial charge in [0.25, 0.3) is 5.91 Å². The molecular formula is C25H32N4O4S2. The Bertz CT molecular complexity index is 1300. The molecule has 1 aliphatic heterocycles. The predicted octanol–water partition coefficient (Wildman–Crippen LogP) is 3.53. The lowest BCUT2D eigenvalue weighted by molar-refractivity contribution is 0.0376. The fourth-order valence-electron chi connectivity index (χ4n) is 4.17. The van der Waals surface area contributed by atoms with Gasteiger partial charge in [0.05, 0.1) is 28.3 Å². The third-order valence-electron chi connectivity index (χ3n) is 6.13. The molecule has 0 radical (unpaired) electrons. The number of amides is 1. The van der Waals surface area contributed by atoms with E-state index < -0.39 is 10.0 Å². The van der Waals surface area contributed by atoms with Crippen molar-refractivity contribution in [1.82, 2.24) is 14.2 Å². The quantitative estimate of drug-likeness (QED) is 0.456. The fourth-order valence-corrected chi connectivity index (χ4v) is 6.24. The van der Waals surface area contributed by atoms with E-state index in [4.69, 9.17) is 9.72 Å². The number of morpholine rings is 1. The molecular weight excluding hydrogens is 484 g/mol. The number of sulfonamides is 1. The summed E-state index contributed by atoms with van der Waals surface area (Å²) in [4.78, 5) is 22.7. The molecule has 188 valence electrons. The van der Waals surface area contributed by atoms with E-state index in [1.54, 1.807) is 17.0 Å². The largest absolute Gasteiger partial charge is 0.379 e. The van der Waals surface area contributed by atoms with Gasteiger partial charge in [0, 0.05) is 45.8 Å². The van der Waals surface area contributed by atoms with Crippen molar-refractivity contribution in [3.63, 3.8) is 0 Å². The van der Waals surface area contributed by atoms with E-state index in [1.165, 1.54) is 37.6 Å². The van der Waals surface area contributed by atoms with Gasteiger partial charge in [-0.2, -0.15) is 0 Å². The molecule has 0 spiro atoms. The highest BCUT2D eigenvalue weighted by atomic mass is 32.2. The van der Waals surface area contributed by atoms with Crippen molar-refractivity contribution in [2.45, 2.75) is 25.2 Å². The van der Waals surface area contributed by atoms with Gasteiger partial charge in [-0.1, -0.05) is 17.4 Å². The number of rotatable bonds is 8. The Kier molecular flexibility index (Phi) is 7.87. The number of ether oxygens (including phenoxy) is 1. The number of nitrogens with zero attached hydrogens (tertiary/aromatic N) is 4. The van der Waals surface area contributed by atoms with Gasteiger partial charge < -0.3 is 4.74 Å². The van der Waals surface area contributed by atoms with Crippen molar-refractivity contribution in [3.8, 4) is 0 Å². The Hall–Kier alpha value is -2.37. The molecule has 10 heteroatoms. The standard InChI is InChI=1S/C25H32N4O4S2/c1-18-16-19(2)23-22(17-18)34-25(26-23)29(11-5-10-28-12-14-33-15-13-28)24(30)20-6-8-21(9-7-20)35(31,32)27(3)4/h6-9,16-17H,5,10-15H2,1-4H3. The summed E-state index contributed by atoms with van der Waals surface area (Å²) in [6.07, 6.45) is 0.798. The lowest BCUT2D eigenvalue weighted by atomic mass is 10.1. The molecule has 1 aliphatic rings. The second-order valence-corrected chi connectivity index (χ2v) is 12.2. The summed E-state index contributed by atoms with van der Waals surface area (Å²) < 4.78 is 32.5. The lowest BCUT2D eigenvalue weighted by Crippen LogP contribution is -2.39. The molecule has 8 nitrogen and oxygen atoms in total. The average Bonchev–Trinajstić information content (AvgIpc) is 3.26. The number of carbonyl (C=O) groups is 1. The molecule has 3 aromatic rings. The van der Waals surface area contributed by atoms with E-state index in [-0.39, 0.29) is 10.8 Å². The number of thiazole rings is 1. The van der Waals surface area contributed by atoms with Gasteiger partial charge in [0.2, 0.25) is 10.0 Å². The Labute approximate surface area is 211 Å². The molecule has 2 aromatic carbocycles. The Balaban J connectivity index is 1.61. The van der Waals surface area contributed by atoms with E-state index in [2.05, 4.69) is 24.0 Å². The zero-order valence-electron chi connectivity index (χ0n) is 20.7. The van der Waals surface area contributed by atoms with E-state index in [0.717, 1.165) is 64.9 Å². The molecule has 1 amide bonds. The maximum absolute atomic E-state index is 13.7. The Morgan fingerprint density at radius 3 is 2.46 bits per heavy atom. The number of hydrogen-bond donors (Lipinski definition) is 0. The van der Waals surface area contributed by atoms with Crippen LogP contribution in [0, 0.1) is 13.8 Å². The minimum Gasteiger partial charge on any atom is -0.379 e. The van der Waals surface area contributed by atoms with E-state index >= 15 is 0 Å². The Morgan fingerprint density at radius 1 is 1.11 bits per heavy atom. The average molecular weight is 517 g/mol. The smallest absolute Gasteiger partial charge is 0.260 e. The number of aryl methyl sites for hydroxylation is 2. The fraction of sp³-hybridized carbons (Fsp3) is 0.440. The van der Waals surface area contributed by atoms with Crippen LogP contribution in [0.15, 0.2) is 41.3 Å². The van der Waals surface area contributed by atoms with Gasteiger partial charge >= 0.3 is 0 Å². The van der Waals surface area contributed by atoms with Crippen LogP contribution < -0.4 is 4.90 Å². The SMILES string of the molecule is Cc1cc(C)c2nc(N(CCCN3CCOCC3)C(=O)c3ccc(S(=O)(=O)N(C)C)cc3)sc2c1. The monoisotopic (exact) mass is 516 g/mol. The molecule has 2 heterocycles. The van der Waals surface area contributed by atoms with Gasteiger partial charge in [-0.15, -0.1) is 0 Å². The van der Waals surface area contributed by atoms with Crippen LogP contribution in [-0.4, -0.2) is 82.0 Å². The molecule has 0 N–H and O–H groups in total. The number of fused-ring (bicyclic) bond motifs is 1. The number of anilines is 1. The van der Waals surface area contributed by atoms with Crippen LogP contribution in [0.1, 0.15) is 27.9 Å². The third-order valence-corrected chi connectivity index (χ3v) is 8.99. The third kappa shape index (κ3) is 5.73. The lowest BCUT2D eigenvalue weighted by Gasteiger charge is -2.27. The summed E-state index contributed by atoms with van der Waals surface area (Å²) in [5.74, 6) is -0.186. The summed E-state index contributed by atoms with van der Waals surface area (Å²) in [5, 5.41) is 0.658. The van der Waals surface area contributed by atoms with Crippen molar-refractivity contribution in [2.24, 2.45) is 0 Å². The molecule has 4 rings (SSSR count). The first-order chi connectivity index (χ1) is 16.7. The van der Waals surface area contributed by atoms with Gasteiger partial charge in [-0.25, -0.2) is 17.7 Å². The minimum atomic E-state index is -3.56. The normalized spacial score (nSPS) is 15.1. The van der Waals surface area contributed by atoms with Crippen LogP contribution in [0.25, 0.3) is 10.2 Å². The second kappa shape index (κ2) is 10.7. The van der Waals surface area contributed by atoms with Crippen LogP contribution in [0.5, 0.6) is 0 Å². The van der Waals surface area contributed by atoms with Crippen molar-refractivity contribution < 1.29 is 17.9 Å².